The number of ether oxygens (including phenoxy) is 10. The van der Waals surface area contributed by atoms with Gasteiger partial charge in [0.25, 0.3) is 0 Å². The molecule has 0 heterocycles. The van der Waals surface area contributed by atoms with E-state index in [2.05, 4.69) is 0 Å². The van der Waals surface area contributed by atoms with Gasteiger partial charge in [-0.3, -0.25) is 9.59 Å². The molecule has 0 spiro atoms. The van der Waals surface area contributed by atoms with Crippen LogP contribution in [-0.4, -0.2) is 124 Å². The van der Waals surface area contributed by atoms with Crippen molar-refractivity contribution in [3.05, 3.63) is 41.5 Å². The molecule has 1 N–H and O–H groups in total. The molecule has 0 aliphatic heterocycles. The molecule has 0 amide bonds. The second kappa shape index (κ2) is 21.3. The molecule has 0 fully saturated rings. The van der Waals surface area contributed by atoms with Crippen molar-refractivity contribution in [1.29, 1.82) is 0 Å². The van der Waals surface area contributed by atoms with Gasteiger partial charge in [-0.2, -0.15) is 0 Å². The maximum Gasteiger partial charge on any atom is 0.233 e. The smallest absolute Gasteiger partial charge is 0.233 e. The van der Waals surface area contributed by atoms with Crippen LogP contribution in [0, 0.1) is 0 Å². The fourth-order valence-electron chi connectivity index (χ4n) is 3.66. The molecule has 240 valence electrons. The van der Waals surface area contributed by atoms with Crippen LogP contribution < -0.4 is 23.7 Å². The van der Waals surface area contributed by atoms with Gasteiger partial charge in [0.15, 0.2) is 23.0 Å². The molecule has 2 aromatic carbocycles. The van der Waals surface area contributed by atoms with Crippen LogP contribution in [0.2, 0.25) is 0 Å². The maximum absolute atomic E-state index is 13.1. The maximum atomic E-state index is 13.1. The number of benzene rings is 2. The number of rotatable bonds is 25. The Bertz CT molecular complexity index is 1080. The molecule has 0 saturated heterocycles. The largest absolute Gasteiger partial charge is 0.493 e. The minimum absolute atomic E-state index is 0.000215. The van der Waals surface area contributed by atoms with Crippen LogP contribution in [0.15, 0.2) is 30.3 Å². The van der Waals surface area contributed by atoms with Gasteiger partial charge in [0.2, 0.25) is 17.3 Å². The summed E-state index contributed by atoms with van der Waals surface area (Å²) in [7, 11) is 5.77. The average molecular weight is 611 g/mol. The summed E-state index contributed by atoms with van der Waals surface area (Å²) in [5.74, 6) is 0.0376. The van der Waals surface area contributed by atoms with Gasteiger partial charge in [-0.1, -0.05) is 0 Å². The van der Waals surface area contributed by atoms with Crippen molar-refractivity contribution in [2.45, 2.75) is 0 Å². The molecular formula is C30H42O13. The third-order valence-electron chi connectivity index (χ3n) is 5.77. The lowest BCUT2D eigenvalue weighted by atomic mass is 10.0. The van der Waals surface area contributed by atoms with Crippen LogP contribution >= 0.6 is 0 Å². The molecule has 0 radical (unpaired) electrons. The normalized spacial score (nSPS) is 10.8. The van der Waals surface area contributed by atoms with Gasteiger partial charge in [0, 0.05) is 11.1 Å². The summed E-state index contributed by atoms with van der Waals surface area (Å²) in [6, 6.07) is 7.35. The first-order valence-corrected chi connectivity index (χ1v) is 13.7. The summed E-state index contributed by atoms with van der Waals surface area (Å²) in [5.41, 5.74) is 0.218. The Labute approximate surface area is 251 Å². The zero-order valence-electron chi connectivity index (χ0n) is 25.2. The quantitative estimate of drug-likeness (QED) is 0.0997. The Balaban J connectivity index is 1.73. The molecule has 13 heteroatoms. The van der Waals surface area contributed by atoms with E-state index in [1.54, 1.807) is 6.07 Å². The van der Waals surface area contributed by atoms with Crippen LogP contribution in [-0.2, 0) is 23.7 Å². The number of carbonyl (C=O) groups is 2. The number of hydrogen-bond donors (Lipinski definition) is 1. The van der Waals surface area contributed by atoms with Crippen molar-refractivity contribution in [3.8, 4) is 28.7 Å². The van der Waals surface area contributed by atoms with E-state index in [4.69, 9.17) is 52.5 Å². The molecule has 2 rings (SSSR count). The van der Waals surface area contributed by atoms with Crippen molar-refractivity contribution in [3.63, 3.8) is 0 Å². The summed E-state index contributed by atoms with van der Waals surface area (Å²) in [5, 5.41) is 8.60. The van der Waals surface area contributed by atoms with Gasteiger partial charge in [-0.15, -0.1) is 0 Å². The number of aliphatic hydroxyl groups is 1. The lowest BCUT2D eigenvalue weighted by molar-refractivity contribution is -0.0147. The average Bonchev–Trinajstić information content (AvgIpc) is 3.04. The van der Waals surface area contributed by atoms with E-state index in [1.165, 1.54) is 52.7 Å². The van der Waals surface area contributed by atoms with Gasteiger partial charge < -0.3 is 52.5 Å². The highest BCUT2D eigenvalue weighted by atomic mass is 16.6. The third-order valence-corrected chi connectivity index (χ3v) is 5.77. The van der Waals surface area contributed by atoms with Crippen LogP contribution in [0.25, 0.3) is 0 Å². The van der Waals surface area contributed by atoms with E-state index >= 15 is 0 Å². The fraction of sp³-hybridized carbons (Fsp3) is 0.533. The second-order valence-corrected chi connectivity index (χ2v) is 8.57. The van der Waals surface area contributed by atoms with Crippen molar-refractivity contribution in [1.82, 2.24) is 0 Å². The Kier molecular flexibility index (Phi) is 17.7. The number of aliphatic hydroxyl groups excluding tert-OH is 1. The molecule has 0 bridgehead atoms. The molecule has 0 aliphatic rings. The second-order valence-electron chi connectivity index (χ2n) is 8.57. The Morgan fingerprint density at radius 2 is 0.930 bits per heavy atom. The van der Waals surface area contributed by atoms with Crippen molar-refractivity contribution in [2.75, 3.05) is 108 Å². The Morgan fingerprint density at radius 3 is 1.37 bits per heavy atom. The summed E-state index contributed by atoms with van der Waals surface area (Å²) in [6.07, 6.45) is 0. The van der Waals surface area contributed by atoms with E-state index in [1.807, 2.05) is 0 Å². The molecule has 13 nitrogen and oxygen atoms in total. The van der Waals surface area contributed by atoms with Crippen LogP contribution in [0.1, 0.15) is 20.7 Å². The summed E-state index contributed by atoms with van der Waals surface area (Å²) in [4.78, 5) is 26.1. The van der Waals surface area contributed by atoms with Crippen LogP contribution in [0.4, 0.5) is 0 Å². The molecule has 2 aromatic rings. The van der Waals surface area contributed by atoms with Gasteiger partial charge in [0.05, 0.1) is 101 Å². The monoisotopic (exact) mass is 610 g/mol. The molecule has 43 heavy (non-hydrogen) atoms. The van der Waals surface area contributed by atoms with Crippen molar-refractivity contribution in [2.24, 2.45) is 0 Å². The van der Waals surface area contributed by atoms with E-state index < -0.39 is 11.6 Å². The molecular weight excluding hydrogens is 568 g/mol. The molecule has 0 aliphatic carbocycles. The zero-order chi connectivity index (χ0) is 31.3. The molecule has 0 atom stereocenters. The van der Waals surface area contributed by atoms with E-state index in [0.717, 1.165) is 0 Å². The lowest BCUT2D eigenvalue weighted by Gasteiger charge is -2.14. The number of Topliss-reactive ketones (excluding diaryl/α,β-unsaturated/α-hetero) is 2. The molecule has 0 aromatic heterocycles. The summed E-state index contributed by atoms with van der Waals surface area (Å²) >= 11 is 0. The third kappa shape index (κ3) is 12.4. The summed E-state index contributed by atoms with van der Waals surface area (Å²) < 4.78 is 53.8. The van der Waals surface area contributed by atoms with E-state index in [-0.39, 0.29) is 42.4 Å². The molecule has 0 saturated carbocycles. The minimum atomic E-state index is -0.752. The highest BCUT2D eigenvalue weighted by Crippen LogP contribution is 2.38. The van der Waals surface area contributed by atoms with Gasteiger partial charge in [-0.25, -0.2) is 0 Å². The Hall–Kier alpha value is -3.46. The van der Waals surface area contributed by atoms with Crippen LogP contribution in [0.3, 0.4) is 0 Å². The van der Waals surface area contributed by atoms with Crippen molar-refractivity contribution < 1.29 is 62.1 Å². The van der Waals surface area contributed by atoms with Gasteiger partial charge >= 0.3 is 0 Å². The van der Waals surface area contributed by atoms with Crippen LogP contribution in [0.5, 0.6) is 28.7 Å². The van der Waals surface area contributed by atoms with E-state index in [0.29, 0.717) is 76.7 Å². The van der Waals surface area contributed by atoms with Gasteiger partial charge in [-0.05, 0) is 30.3 Å². The fourth-order valence-corrected chi connectivity index (χ4v) is 3.66. The zero-order valence-corrected chi connectivity index (χ0v) is 25.2. The highest BCUT2D eigenvalue weighted by Gasteiger charge is 2.24. The first-order valence-electron chi connectivity index (χ1n) is 13.7. The SMILES string of the molecule is COc1ccc(C(=O)C(=O)c2cc(OC)c(OC)c(OC)c2)cc1OCCOCCOCCOCCOCCOCCO. The topological polar surface area (TPSA) is 147 Å². The standard InChI is InChI=1S/C30H42O13/c1-34-24-6-5-22(28(32)29(33)23-20-26(35-2)30(37-4)27(21-23)36-3)19-25(24)43-18-17-42-16-15-41-14-13-40-12-11-39-10-9-38-8-7-31/h5-6,19-21,31H,7-18H2,1-4H3. The predicted octanol–water partition coefficient (Wildman–Crippen LogP) is 2.24. The lowest BCUT2D eigenvalue weighted by Crippen LogP contribution is -2.16. The predicted molar refractivity (Wildman–Crippen MR) is 154 cm³/mol. The molecule has 0 unspecified atom stereocenters. The number of methoxy groups -OCH3 is 4. The first-order chi connectivity index (χ1) is 21.0. The number of ketones is 2. The van der Waals surface area contributed by atoms with E-state index in [9.17, 15) is 9.59 Å². The first kappa shape index (κ1) is 35.7. The Morgan fingerprint density at radius 1 is 0.512 bits per heavy atom. The number of carbonyl (C=O) groups excluding carboxylic acids is 2. The number of hydrogen-bond acceptors (Lipinski definition) is 13. The minimum Gasteiger partial charge on any atom is -0.493 e. The van der Waals surface area contributed by atoms with Gasteiger partial charge in [0.1, 0.15) is 6.61 Å². The van der Waals surface area contributed by atoms with Crippen molar-refractivity contribution >= 4 is 11.6 Å². The highest BCUT2D eigenvalue weighted by molar-refractivity contribution is 6.49. The summed E-state index contributed by atoms with van der Waals surface area (Å²) in [6.45, 7) is 4.16.